The van der Waals surface area contributed by atoms with E-state index in [0.29, 0.717) is 23.7 Å². The van der Waals surface area contributed by atoms with Crippen LogP contribution in [0, 0.1) is 0 Å². The Kier molecular flexibility index (Phi) is 8.47. The summed E-state index contributed by atoms with van der Waals surface area (Å²) >= 11 is 0. The molecule has 31 heavy (non-hydrogen) atoms. The Morgan fingerprint density at radius 2 is 1.00 bits per heavy atom. The minimum atomic E-state index is 0. The summed E-state index contributed by atoms with van der Waals surface area (Å²) in [5, 5.41) is 6.73. The predicted octanol–water partition coefficient (Wildman–Crippen LogP) is 5.62. The van der Waals surface area contributed by atoms with Gasteiger partial charge in [0.25, 0.3) is 5.84 Å². The number of nitrogens with two attached hydrogens (primary N) is 1. The van der Waals surface area contributed by atoms with Crippen LogP contribution in [0.25, 0.3) is 0 Å². The SMILES string of the molecule is CC(C)c1cccc(C(C)C)c1N1CC(=[NH2+])N(c2c(C(C)C)cccc2C(C)C)C1.[V+5]. The van der Waals surface area contributed by atoms with Crippen LogP contribution in [0.5, 0.6) is 0 Å². The molecule has 0 amide bonds. The van der Waals surface area contributed by atoms with Gasteiger partial charge in [0.05, 0.1) is 0 Å². The first-order valence-electron chi connectivity index (χ1n) is 11.5. The van der Waals surface area contributed by atoms with E-state index < -0.39 is 0 Å². The molecule has 3 rings (SSSR count). The second-order valence-electron chi connectivity index (χ2n) is 9.95. The Hall–Kier alpha value is -1.71. The van der Waals surface area contributed by atoms with Crippen molar-refractivity contribution < 1.29 is 24.0 Å². The van der Waals surface area contributed by atoms with E-state index in [2.05, 4.69) is 102 Å². The van der Waals surface area contributed by atoms with Crippen LogP contribution in [-0.2, 0) is 18.6 Å². The molecule has 1 aliphatic rings. The van der Waals surface area contributed by atoms with Gasteiger partial charge in [-0.2, -0.15) is 0 Å². The Morgan fingerprint density at radius 1 is 0.645 bits per heavy atom. The zero-order valence-electron chi connectivity index (χ0n) is 20.6. The molecule has 4 heteroatoms. The first-order valence-corrected chi connectivity index (χ1v) is 11.5. The van der Waals surface area contributed by atoms with Crippen LogP contribution < -0.4 is 15.2 Å². The van der Waals surface area contributed by atoms with Crippen LogP contribution in [0.15, 0.2) is 36.4 Å². The Labute approximate surface area is 201 Å². The molecule has 2 aromatic rings. The molecule has 0 saturated carbocycles. The standard InChI is InChI=1S/C27H39N3.V/c1-17(2)21-11-9-12-22(18(3)4)26(21)29-15-25(28)30(16-29)27-23(19(5)6)13-10-14-24(27)20(7)8;/h9-14,17-20,28H,15-16H2,1-8H3;/q;+5/p+1. The molecule has 2 aromatic carbocycles. The largest absolute Gasteiger partial charge is 5.00 e. The van der Waals surface area contributed by atoms with Gasteiger partial charge in [0, 0.05) is 16.8 Å². The fourth-order valence-electron chi connectivity index (χ4n) is 4.66. The zero-order chi connectivity index (χ0) is 22.2. The van der Waals surface area contributed by atoms with Gasteiger partial charge < -0.3 is 4.90 Å². The minimum Gasteiger partial charge on any atom is -0.323 e. The quantitative estimate of drug-likeness (QED) is 0.611. The molecular weight excluding hydrogens is 417 g/mol. The maximum atomic E-state index is 6.73. The van der Waals surface area contributed by atoms with Gasteiger partial charge in [-0.3, -0.25) is 5.41 Å². The third-order valence-electron chi connectivity index (χ3n) is 6.28. The van der Waals surface area contributed by atoms with Crippen molar-refractivity contribution in [1.29, 1.82) is 0 Å². The van der Waals surface area contributed by atoms with Crippen molar-refractivity contribution in [2.24, 2.45) is 0 Å². The van der Waals surface area contributed by atoms with Crippen LogP contribution in [0.3, 0.4) is 0 Å². The molecule has 0 aromatic heterocycles. The van der Waals surface area contributed by atoms with E-state index in [-0.39, 0.29) is 18.6 Å². The maximum Gasteiger partial charge on any atom is 5.00 e. The Bertz CT molecular complexity index is 862. The third kappa shape index (κ3) is 5.04. The number of rotatable bonds is 6. The van der Waals surface area contributed by atoms with Crippen molar-refractivity contribution >= 4 is 17.2 Å². The molecule has 0 bridgehead atoms. The molecule has 162 valence electrons. The van der Waals surface area contributed by atoms with Crippen LogP contribution in [0.4, 0.5) is 11.4 Å². The van der Waals surface area contributed by atoms with Crippen molar-refractivity contribution in [3.8, 4) is 0 Å². The van der Waals surface area contributed by atoms with Crippen molar-refractivity contribution in [2.75, 3.05) is 23.0 Å². The summed E-state index contributed by atoms with van der Waals surface area (Å²) in [4.78, 5) is 4.85. The third-order valence-corrected chi connectivity index (χ3v) is 6.28. The molecule has 2 N–H and O–H groups in total. The average Bonchev–Trinajstić information content (AvgIpc) is 3.07. The van der Waals surface area contributed by atoms with Gasteiger partial charge in [-0.25, -0.2) is 4.90 Å². The smallest absolute Gasteiger partial charge is 0.323 e. The van der Waals surface area contributed by atoms with Gasteiger partial charge >= 0.3 is 18.6 Å². The summed E-state index contributed by atoms with van der Waals surface area (Å²) in [5.41, 5.74) is 8.28. The molecule has 1 aliphatic heterocycles. The summed E-state index contributed by atoms with van der Waals surface area (Å²) in [7, 11) is 0. The van der Waals surface area contributed by atoms with E-state index in [4.69, 9.17) is 5.41 Å². The summed E-state index contributed by atoms with van der Waals surface area (Å²) in [6.07, 6.45) is 0. The molecule has 1 heterocycles. The number of hydrogen-bond donors (Lipinski definition) is 1. The van der Waals surface area contributed by atoms with Gasteiger partial charge in [-0.15, -0.1) is 0 Å². The maximum absolute atomic E-state index is 6.73. The van der Waals surface area contributed by atoms with Gasteiger partial charge in [-0.05, 0) is 34.8 Å². The van der Waals surface area contributed by atoms with Crippen molar-refractivity contribution in [3.63, 3.8) is 0 Å². The van der Waals surface area contributed by atoms with Crippen LogP contribution >= 0.6 is 0 Å². The second-order valence-corrected chi connectivity index (χ2v) is 9.95. The number of para-hydroxylation sites is 2. The van der Waals surface area contributed by atoms with E-state index in [1.54, 1.807) is 0 Å². The minimum absolute atomic E-state index is 0. The van der Waals surface area contributed by atoms with Crippen molar-refractivity contribution in [3.05, 3.63) is 58.7 Å². The molecule has 1 fully saturated rings. The molecule has 0 spiro atoms. The summed E-state index contributed by atoms with van der Waals surface area (Å²) < 4.78 is 0. The second kappa shape index (κ2) is 10.3. The Balaban J connectivity index is 0.00000341. The normalized spacial score (nSPS) is 14.4. The van der Waals surface area contributed by atoms with Crippen molar-refractivity contribution in [2.45, 2.75) is 79.1 Å². The fraction of sp³-hybridized carbons (Fsp3) is 0.519. The monoisotopic (exact) mass is 457 g/mol. The topological polar surface area (TPSA) is 32.1 Å². The molecule has 1 saturated heterocycles. The van der Waals surface area contributed by atoms with E-state index >= 15 is 0 Å². The van der Waals surface area contributed by atoms with Crippen molar-refractivity contribution in [1.82, 2.24) is 0 Å². The Morgan fingerprint density at radius 3 is 1.35 bits per heavy atom. The number of nitrogens with zero attached hydrogens (tertiary/aromatic N) is 2. The number of anilines is 2. The van der Waals surface area contributed by atoms with Gasteiger partial charge in [0.15, 0.2) is 6.67 Å². The molecule has 0 unspecified atom stereocenters. The van der Waals surface area contributed by atoms with Gasteiger partial charge in [0.2, 0.25) is 0 Å². The average molecular weight is 458 g/mol. The first-order chi connectivity index (χ1) is 14.1. The molecular formula is C27H40N3V+6. The number of benzene rings is 2. The van der Waals surface area contributed by atoms with Crippen LogP contribution in [0.2, 0.25) is 0 Å². The summed E-state index contributed by atoms with van der Waals surface area (Å²) in [6.45, 7) is 19.8. The van der Waals surface area contributed by atoms with Crippen LogP contribution in [0.1, 0.15) is 101 Å². The summed E-state index contributed by atoms with van der Waals surface area (Å²) in [6, 6.07) is 13.5. The predicted molar refractivity (Wildman–Crippen MR) is 131 cm³/mol. The van der Waals surface area contributed by atoms with Crippen LogP contribution in [-0.4, -0.2) is 19.0 Å². The van der Waals surface area contributed by atoms with E-state index in [9.17, 15) is 0 Å². The van der Waals surface area contributed by atoms with Gasteiger partial charge in [0.1, 0.15) is 12.2 Å². The van der Waals surface area contributed by atoms with E-state index in [1.807, 2.05) is 0 Å². The molecule has 3 nitrogen and oxygen atoms in total. The zero-order valence-corrected chi connectivity index (χ0v) is 22.0. The summed E-state index contributed by atoms with van der Waals surface area (Å²) in [5.74, 6) is 2.80. The molecule has 0 atom stereocenters. The van der Waals surface area contributed by atoms with Gasteiger partial charge in [-0.1, -0.05) is 91.8 Å². The number of hydrogen-bond acceptors (Lipinski definition) is 1. The first kappa shape index (κ1) is 25.6. The molecule has 0 aliphatic carbocycles. The fourth-order valence-corrected chi connectivity index (χ4v) is 4.66. The van der Waals surface area contributed by atoms with E-state index in [1.165, 1.54) is 33.6 Å². The molecule has 0 radical (unpaired) electrons. The number of amidine groups is 1. The van der Waals surface area contributed by atoms with E-state index in [0.717, 1.165) is 19.0 Å².